The van der Waals surface area contributed by atoms with Crippen molar-refractivity contribution in [1.82, 2.24) is 10.3 Å². The average molecular weight is 295 g/mol. The van der Waals surface area contributed by atoms with Gasteiger partial charge in [0, 0.05) is 25.0 Å². The Balaban J connectivity index is 1.98. The molecular weight excluding hydrogens is 266 g/mol. The molecule has 4 heteroatoms. The van der Waals surface area contributed by atoms with Crippen molar-refractivity contribution >= 4 is 16.5 Å². The van der Waals surface area contributed by atoms with Gasteiger partial charge in [0.25, 0.3) is 0 Å². The summed E-state index contributed by atoms with van der Waals surface area (Å²) < 4.78 is 0. The Kier molecular flexibility index (Phi) is 6.30. The molecule has 1 aliphatic rings. The molecule has 1 heterocycles. The molecule has 0 amide bonds. The van der Waals surface area contributed by atoms with Gasteiger partial charge < -0.3 is 10.2 Å². The molecule has 0 atom stereocenters. The van der Waals surface area contributed by atoms with E-state index in [1.807, 2.05) is 11.3 Å². The highest BCUT2D eigenvalue weighted by Gasteiger charge is 2.21. The van der Waals surface area contributed by atoms with Crippen molar-refractivity contribution in [2.24, 2.45) is 5.92 Å². The van der Waals surface area contributed by atoms with Crippen LogP contribution in [-0.4, -0.2) is 25.1 Å². The maximum atomic E-state index is 4.89. The summed E-state index contributed by atoms with van der Waals surface area (Å²) in [5.41, 5.74) is 1.32. The lowest BCUT2D eigenvalue weighted by Crippen LogP contribution is -2.29. The van der Waals surface area contributed by atoms with Gasteiger partial charge in [0.05, 0.1) is 5.69 Å². The predicted octanol–water partition coefficient (Wildman–Crippen LogP) is 3.83. The summed E-state index contributed by atoms with van der Waals surface area (Å²) >= 11 is 1.89. The Bertz CT molecular complexity index is 398. The van der Waals surface area contributed by atoms with Gasteiger partial charge >= 0.3 is 0 Å². The number of aromatic nitrogens is 1. The summed E-state index contributed by atoms with van der Waals surface area (Å²) in [7, 11) is 2.20. The van der Waals surface area contributed by atoms with Gasteiger partial charge in [-0.3, -0.25) is 0 Å². The minimum absolute atomic E-state index is 0.903. The van der Waals surface area contributed by atoms with Gasteiger partial charge in [0.1, 0.15) is 0 Å². The quantitative estimate of drug-likeness (QED) is 0.702. The lowest BCUT2D eigenvalue weighted by Gasteiger charge is -2.29. The van der Waals surface area contributed by atoms with Crippen LogP contribution in [0.25, 0.3) is 0 Å². The molecule has 2 rings (SSSR count). The largest absolute Gasteiger partial charge is 0.351 e. The third kappa shape index (κ3) is 4.19. The van der Waals surface area contributed by atoms with Crippen molar-refractivity contribution in [2.45, 2.75) is 58.9 Å². The molecule has 0 radical (unpaired) electrons. The van der Waals surface area contributed by atoms with Crippen molar-refractivity contribution < 1.29 is 0 Å². The topological polar surface area (TPSA) is 28.2 Å². The molecule has 3 nitrogen and oxygen atoms in total. The first-order chi connectivity index (χ1) is 9.74. The Labute approximate surface area is 127 Å². The second kappa shape index (κ2) is 7.99. The van der Waals surface area contributed by atoms with Crippen molar-refractivity contribution in [2.75, 3.05) is 25.0 Å². The minimum atomic E-state index is 0.903. The number of hydrogen-bond donors (Lipinski definition) is 1. The van der Waals surface area contributed by atoms with Gasteiger partial charge in [-0.15, -0.1) is 11.3 Å². The van der Waals surface area contributed by atoms with Crippen LogP contribution in [0.15, 0.2) is 0 Å². The number of nitrogens with one attached hydrogen (secondary N) is 1. The van der Waals surface area contributed by atoms with Crippen molar-refractivity contribution in [3.8, 4) is 0 Å². The maximum absolute atomic E-state index is 4.89. The van der Waals surface area contributed by atoms with Crippen LogP contribution in [-0.2, 0) is 13.0 Å². The van der Waals surface area contributed by atoms with Gasteiger partial charge in [0.15, 0.2) is 5.13 Å². The molecule has 1 fully saturated rings. The number of anilines is 1. The summed E-state index contributed by atoms with van der Waals surface area (Å²) in [6.45, 7) is 7.71. The van der Waals surface area contributed by atoms with E-state index in [9.17, 15) is 0 Å². The van der Waals surface area contributed by atoms with Gasteiger partial charge in [-0.2, -0.15) is 0 Å². The average Bonchev–Trinajstić information content (AvgIpc) is 2.78. The highest BCUT2D eigenvalue weighted by Crippen LogP contribution is 2.31. The Hall–Kier alpha value is -0.610. The SMILES string of the molecule is CCCNCc1sc(N(C)CC2CCC2)nc1CCC. The number of hydrogen-bond acceptors (Lipinski definition) is 4. The van der Waals surface area contributed by atoms with Crippen LogP contribution >= 0.6 is 11.3 Å². The molecule has 0 bridgehead atoms. The second-order valence-electron chi connectivity index (χ2n) is 5.97. The summed E-state index contributed by atoms with van der Waals surface area (Å²) in [6.07, 6.45) is 7.71. The van der Waals surface area contributed by atoms with E-state index in [4.69, 9.17) is 4.98 Å². The molecule has 0 aliphatic heterocycles. The Morgan fingerprint density at radius 2 is 2.10 bits per heavy atom. The number of aryl methyl sites for hydroxylation is 1. The van der Waals surface area contributed by atoms with E-state index in [1.54, 1.807) is 0 Å². The zero-order valence-corrected chi connectivity index (χ0v) is 14.1. The lowest BCUT2D eigenvalue weighted by molar-refractivity contribution is 0.321. The normalized spacial score (nSPS) is 15.3. The van der Waals surface area contributed by atoms with Crippen molar-refractivity contribution in [3.63, 3.8) is 0 Å². The van der Waals surface area contributed by atoms with E-state index >= 15 is 0 Å². The van der Waals surface area contributed by atoms with E-state index in [0.717, 1.165) is 25.4 Å². The first-order valence-electron chi connectivity index (χ1n) is 8.15. The summed E-state index contributed by atoms with van der Waals surface area (Å²) in [5.74, 6) is 0.903. The van der Waals surface area contributed by atoms with Crippen molar-refractivity contribution in [3.05, 3.63) is 10.6 Å². The predicted molar refractivity (Wildman–Crippen MR) is 88.7 cm³/mol. The van der Waals surface area contributed by atoms with Crippen LogP contribution < -0.4 is 10.2 Å². The maximum Gasteiger partial charge on any atom is 0.185 e. The molecule has 0 spiro atoms. The molecule has 0 saturated heterocycles. The van der Waals surface area contributed by atoms with Crippen LogP contribution in [0.2, 0.25) is 0 Å². The van der Waals surface area contributed by atoms with Crippen LogP contribution in [0.5, 0.6) is 0 Å². The fraction of sp³-hybridized carbons (Fsp3) is 0.812. The molecule has 114 valence electrons. The molecule has 20 heavy (non-hydrogen) atoms. The van der Waals surface area contributed by atoms with Crippen LogP contribution in [0.3, 0.4) is 0 Å². The highest BCUT2D eigenvalue weighted by atomic mass is 32.1. The van der Waals surface area contributed by atoms with Crippen LogP contribution in [0.4, 0.5) is 5.13 Å². The fourth-order valence-electron chi connectivity index (χ4n) is 2.62. The summed E-state index contributed by atoms with van der Waals surface area (Å²) in [4.78, 5) is 8.71. The second-order valence-corrected chi connectivity index (χ2v) is 7.03. The molecule has 1 aromatic heterocycles. The smallest absolute Gasteiger partial charge is 0.185 e. The van der Waals surface area contributed by atoms with E-state index in [2.05, 4.69) is 31.1 Å². The first-order valence-corrected chi connectivity index (χ1v) is 8.96. The third-order valence-electron chi connectivity index (χ3n) is 4.05. The molecule has 1 aliphatic carbocycles. The fourth-order valence-corrected chi connectivity index (χ4v) is 3.67. The molecule has 1 N–H and O–H groups in total. The van der Waals surface area contributed by atoms with Gasteiger partial charge in [0.2, 0.25) is 0 Å². The number of thiazole rings is 1. The lowest BCUT2D eigenvalue weighted by atomic mass is 9.85. The zero-order valence-electron chi connectivity index (χ0n) is 13.2. The van der Waals surface area contributed by atoms with Gasteiger partial charge in [-0.05, 0) is 38.1 Å². The minimum Gasteiger partial charge on any atom is -0.351 e. The first kappa shape index (κ1) is 15.8. The van der Waals surface area contributed by atoms with E-state index in [-0.39, 0.29) is 0 Å². The van der Waals surface area contributed by atoms with E-state index in [0.29, 0.717) is 0 Å². The Morgan fingerprint density at radius 1 is 1.30 bits per heavy atom. The number of nitrogens with zero attached hydrogens (tertiary/aromatic N) is 2. The van der Waals surface area contributed by atoms with Gasteiger partial charge in [-0.1, -0.05) is 26.7 Å². The van der Waals surface area contributed by atoms with Crippen LogP contribution in [0, 0.1) is 5.92 Å². The number of rotatable bonds is 9. The van der Waals surface area contributed by atoms with Crippen LogP contribution in [0.1, 0.15) is 56.5 Å². The van der Waals surface area contributed by atoms with E-state index in [1.165, 1.54) is 54.4 Å². The monoisotopic (exact) mass is 295 g/mol. The molecule has 0 unspecified atom stereocenters. The summed E-state index contributed by atoms with van der Waals surface area (Å²) in [5, 5.41) is 4.73. The molecule has 1 aromatic rings. The zero-order chi connectivity index (χ0) is 14.4. The van der Waals surface area contributed by atoms with Gasteiger partial charge in [-0.25, -0.2) is 4.98 Å². The molecular formula is C16H29N3S. The summed E-state index contributed by atoms with van der Waals surface area (Å²) in [6, 6.07) is 0. The van der Waals surface area contributed by atoms with Crippen molar-refractivity contribution in [1.29, 1.82) is 0 Å². The highest BCUT2D eigenvalue weighted by molar-refractivity contribution is 7.15. The molecule has 1 saturated carbocycles. The molecule has 0 aromatic carbocycles. The Morgan fingerprint density at radius 3 is 2.70 bits per heavy atom. The van der Waals surface area contributed by atoms with E-state index < -0.39 is 0 Å². The third-order valence-corrected chi connectivity index (χ3v) is 5.26. The standard InChI is InChI=1S/C16H29N3S/c1-4-7-14-15(11-17-10-5-2)20-16(18-14)19(3)12-13-8-6-9-13/h13,17H,4-12H2,1-3H3.